The highest BCUT2D eigenvalue weighted by atomic mass is 16.5. The summed E-state index contributed by atoms with van der Waals surface area (Å²) < 4.78 is 5.28. The van der Waals surface area contributed by atoms with Crippen molar-refractivity contribution in [2.24, 2.45) is 0 Å². The van der Waals surface area contributed by atoms with Crippen LogP contribution < -0.4 is 5.32 Å². The van der Waals surface area contributed by atoms with Gasteiger partial charge in [-0.15, -0.1) is 0 Å². The number of carbonyl (C=O) groups is 2. The zero-order chi connectivity index (χ0) is 15.9. The van der Waals surface area contributed by atoms with Crippen molar-refractivity contribution < 1.29 is 14.3 Å². The van der Waals surface area contributed by atoms with Gasteiger partial charge in [-0.1, -0.05) is 42.0 Å². The highest BCUT2D eigenvalue weighted by Gasteiger charge is 2.07. The van der Waals surface area contributed by atoms with E-state index in [4.69, 9.17) is 4.74 Å². The largest absolute Gasteiger partial charge is 0.457 e. The Hall–Kier alpha value is -2.62. The van der Waals surface area contributed by atoms with Crippen LogP contribution in [0.1, 0.15) is 34.0 Å². The predicted octanol–water partition coefficient (Wildman–Crippen LogP) is 2.99. The van der Waals surface area contributed by atoms with E-state index < -0.39 is 0 Å². The molecule has 0 aliphatic rings. The Morgan fingerprint density at radius 2 is 1.55 bits per heavy atom. The fourth-order valence-corrected chi connectivity index (χ4v) is 1.90. The molecule has 0 bridgehead atoms. The van der Waals surface area contributed by atoms with E-state index in [0.29, 0.717) is 12.1 Å². The maximum atomic E-state index is 12.0. The first-order valence-electron chi connectivity index (χ1n) is 7.10. The number of esters is 1. The second-order valence-electron chi connectivity index (χ2n) is 5.17. The average Bonchev–Trinajstić information content (AvgIpc) is 2.52. The number of ether oxygens (including phenoxy) is 1. The summed E-state index contributed by atoms with van der Waals surface area (Å²) in [6.45, 7) is 4.19. The SMILES string of the molecule is CC(=O)NCc1ccc(C(=O)OCc2ccc(C)cc2)cc1. The van der Waals surface area contributed by atoms with Gasteiger partial charge >= 0.3 is 5.97 Å². The van der Waals surface area contributed by atoms with Crippen molar-refractivity contribution in [3.05, 3.63) is 70.8 Å². The Bertz CT molecular complexity index is 645. The van der Waals surface area contributed by atoms with Gasteiger partial charge in [0.1, 0.15) is 6.61 Å². The Balaban J connectivity index is 1.89. The van der Waals surface area contributed by atoms with Gasteiger partial charge in [-0.05, 0) is 30.2 Å². The topological polar surface area (TPSA) is 55.4 Å². The van der Waals surface area contributed by atoms with E-state index in [1.54, 1.807) is 24.3 Å². The van der Waals surface area contributed by atoms with Crippen LogP contribution in [-0.4, -0.2) is 11.9 Å². The third-order valence-electron chi connectivity index (χ3n) is 3.22. The lowest BCUT2D eigenvalue weighted by atomic mass is 10.1. The molecule has 0 fully saturated rings. The first-order valence-corrected chi connectivity index (χ1v) is 7.10. The number of benzene rings is 2. The molecule has 114 valence electrons. The van der Waals surface area contributed by atoms with Gasteiger partial charge in [-0.2, -0.15) is 0 Å². The molecule has 2 aromatic carbocycles. The third-order valence-corrected chi connectivity index (χ3v) is 3.22. The smallest absolute Gasteiger partial charge is 0.338 e. The van der Waals surface area contributed by atoms with Crippen LogP contribution in [0.5, 0.6) is 0 Å². The molecule has 0 saturated heterocycles. The summed E-state index contributed by atoms with van der Waals surface area (Å²) in [6.07, 6.45) is 0. The van der Waals surface area contributed by atoms with Crippen molar-refractivity contribution >= 4 is 11.9 Å². The van der Waals surface area contributed by atoms with E-state index in [1.807, 2.05) is 31.2 Å². The highest BCUT2D eigenvalue weighted by Crippen LogP contribution is 2.09. The van der Waals surface area contributed by atoms with Gasteiger partial charge in [0.25, 0.3) is 0 Å². The number of hydrogen-bond donors (Lipinski definition) is 1. The number of rotatable bonds is 5. The summed E-state index contributed by atoms with van der Waals surface area (Å²) in [4.78, 5) is 22.8. The van der Waals surface area contributed by atoms with Gasteiger partial charge in [0.2, 0.25) is 5.91 Å². The fourth-order valence-electron chi connectivity index (χ4n) is 1.90. The fraction of sp³-hybridized carbons (Fsp3) is 0.222. The number of hydrogen-bond acceptors (Lipinski definition) is 3. The molecule has 4 nitrogen and oxygen atoms in total. The molecule has 0 atom stereocenters. The molecule has 0 aliphatic heterocycles. The van der Waals surface area contributed by atoms with Crippen molar-refractivity contribution in [3.63, 3.8) is 0 Å². The van der Waals surface area contributed by atoms with Crippen molar-refractivity contribution in [1.29, 1.82) is 0 Å². The minimum atomic E-state index is -0.355. The minimum absolute atomic E-state index is 0.0819. The third kappa shape index (κ3) is 4.74. The normalized spacial score (nSPS) is 10.1. The van der Waals surface area contributed by atoms with Crippen LogP contribution in [0.2, 0.25) is 0 Å². The molecule has 0 aliphatic carbocycles. The lowest BCUT2D eigenvalue weighted by Crippen LogP contribution is -2.18. The zero-order valence-electron chi connectivity index (χ0n) is 12.8. The summed E-state index contributed by atoms with van der Waals surface area (Å²) in [6, 6.07) is 14.9. The Morgan fingerprint density at radius 1 is 0.955 bits per heavy atom. The second-order valence-corrected chi connectivity index (χ2v) is 5.17. The van der Waals surface area contributed by atoms with Gasteiger partial charge in [0, 0.05) is 13.5 Å². The quantitative estimate of drug-likeness (QED) is 0.863. The van der Waals surface area contributed by atoms with Crippen molar-refractivity contribution in [3.8, 4) is 0 Å². The minimum Gasteiger partial charge on any atom is -0.457 e. The van der Waals surface area contributed by atoms with Gasteiger partial charge in [-0.25, -0.2) is 4.79 Å². The summed E-state index contributed by atoms with van der Waals surface area (Å²) in [5.74, 6) is -0.437. The Morgan fingerprint density at radius 3 is 2.14 bits per heavy atom. The molecule has 0 unspecified atom stereocenters. The van der Waals surface area contributed by atoms with Gasteiger partial charge in [0.05, 0.1) is 5.56 Å². The molecular weight excluding hydrogens is 278 g/mol. The highest BCUT2D eigenvalue weighted by molar-refractivity contribution is 5.89. The Labute approximate surface area is 130 Å². The zero-order valence-corrected chi connectivity index (χ0v) is 12.8. The number of amides is 1. The number of carbonyl (C=O) groups excluding carboxylic acids is 2. The van der Waals surface area contributed by atoms with Crippen LogP contribution in [0.25, 0.3) is 0 Å². The van der Waals surface area contributed by atoms with Crippen molar-refractivity contribution in [2.75, 3.05) is 0 Å². The maximum absolute atomic E-state index is 12.0. The molecule has 0 saturated carbocycles. The van der Waals surface area contributed by atoms with Gasteiger partial charge < -0.3 is 10.1 Å². The number of nitrogens with one attached hydrogen (secondary N) is 1. The molecule has 2 rings (SSSR count). The van der Waals surface area contributed by atoms with E-state index in [0.717, 1.165) is 11.1 Å². The van der Waals surface area contributed by atoms with Crippen molar-refractivity contribution in [1.82, 2.24) is 5.32 Å². The van der Waals surface area contributed by atoms with Crippen LogP contribution in [0.4, 0.5) is 0 Å². The molecule has 0 spiro atoms. The molecule has 22 heavy (non-hydrogen) atoms. The Kier molecular flexibility index (Phi) is 5.31. The summed E-state index contributed by atoms with van der Waals surface area (Å²) in [5.41, 5.74) is 3.56. The maximum Gasteiger partial charge on any atom is 0.338 e. The van der Waals surface area contributed by atoms with E-state index in [-0.39, 0.29) is 18.5 Å². The summed E-state index contributed by atoms with van der Waals surface area (Å²) >= 11 is 0. The first-order chi connectivity index (χ1) is 10.5. The van der Waals surface area contributed by atoms with E-state index in [1.165, 1.54) is 12.5 Å². The summed E-state index contributed by atoms with van der Waals surface area (Å²) in [7, 11) is 0. The molecule has 2 aromatic rings. The van der Waals surface area contributed by atoms with Crippen LogP contribution in [-0.2, 0) is 22.7 Å². The number of aryl methyl sites for hydroxylation is 1. The second kappa shape index (κ2) is 7.41. The van der Waals surface area contributed by atoms with Crippen molar-refractivity contribution in [2.45, 2.75) is 27.0 Å². The monoisotopic (exact) mass is 297 g/mol. The van der Waals surface area contributed by atoms with E-state index >= 15 is 0 Å². The molecule has 1 N–H and O–H groups in total. The standard InChI is InChI=1S/C18H19NO3/c1-13-3-5-16(6-4-13)12-22-18(21)17-9-7-15(8-10-17)11-19-14(2)20/h3-10H,11-12H2,1-2H3,(H,19,20). The van der Waals surface area contributed by atoms with Crippen LogP contribution >= 0.6 is 0 Å². The molecule has 4 heteroatoms. The lowest BCUT2D eigenvalue weighted by molar-refractivity contribution is -0.119. The predicted molar refractivity (Wildman–Crippen MR) is 84.3 cm³/mol. The van der Waals surface area contributed by atoms with Gasteiger partial charge in [0.15, 0.2) is 0 Å². The summed E-state index contributed by atoms with van der Waals surface area (Å²) in [5, 5.41) is 2.71. The molecular formula is C18H19NO3. The van der Waals surface area contributed by atoms with E-state index in [9.17, 15) is 9.59 Å². The van der Waals surface area contributed by atoms with E-state index in [2.05, 4.69) is 5.32 Å². The molecule has 0 heterocycles. The molecule has 1 amide bonds. The van der Waals surface area contributed by atoms with Crippen LogP contribution in [0.3, 0.4) is 0 Å². The lowest BCUT2D eigenvalue weighted by Gasteiger charge is -2.07. The van der Waals surface area contributed by atoms with Crippen LogP contribution in [0, 0.1) is 6.92 Å². The molecule has 0 radical (unpaired) electrons. The average molecular weight is 297 g/mol. The van der Waals surface area contributed by atoms with Gasteiger partial charge in [-0.3, -0.25) is 4.79 Å². The first kappa shape index (κ1) is 15.8. The van der Waals surface area contributed by atoms with Crippen LogP contribution in [0.15, 0.2) is 48.5 Å². The molecule has 0 aromatic heterocycles.